The van der Waals surface area contributed by atoms with E-state index in [1.54, 1.807) is 11.3 Å². The van der Waals surface area contributed by atoms with E-state index >= 15 is 0 Å². The van der Waals surface area contributed by atoms with E-state index in [1.165, 1.54) is 10.4 Å². The predicted octanol–water partition coefficient (Wildman–Crippen LogP) is 4.76. The highest BCUT2D eigenvalue weighted by Gasteiger charge is 2.22. The Bertz CT molecular complexity index is 846. The Kier molecular flexibility index (Phi) is 6.45. The number of hydrogen-bond donors (Lipinski definition) is 1. The second kappa shape index (κ2) is 9.00. The normalized spacial score (nSPS) is 13.4. The molecule has 1 amide bonds. The van der Waals surface area contributed by atoms with E-state index in [2.05, 4.69) is 49.2 Å². The summed E-state index contributed by atoms with van der Waals surface area (Å²) in [6.07, 6.45) is 5.18. The SMILES string of the molecule is CCCN(CCC)C(=O)C1=Cc2sc(Cc3ccccc3)cc2N=C(N)C1. The number of fused-ring (bicyclic) bond motifs is 1. The van der Waals surface area contributed by atoms with Crippen molar-refractivity contribution in [1.82, 2.24) is 4.90 Å². The first-order valence-corrected chi connectivity index (χ1v) is 10.4. The molecular weight excluding hydrogens is 354 g/mol. The van der Waals surface area contributed by atoms with Crippen LogP contribution in [-0.4, -0.2) is 29.7 Å². The van der Waals surface area contributed by atoms with Crippen LogP contribution in [0.5, 0.6) is 0 Å². The van der Waals surface area contributed by atoms with E-state index in [4.69, 9.17) is 5.73 Å². The monoisotopic (exact) mass is 381 g/mol. The van der Waals surface area contributed by atoms with Crippen molar-refractivity contribution in [3.63, 3.8) is 0 Å². The molecular formula is C22H27N3OS. The predicted molar refractivity (Wildman–Crippen MR) is 115 cm³/mol. The van der Waals surface area contributed by atoms with E-state index in [0.717, 1.165) is 48.5 Å². The summed E-state index contributed by atoms with van der Waals surface area (Å²) in [6, 6.07) is 12.5. The van der Waals surface area contributed by atoms with Crippen molar-refractivity contribution in [1.29, 1.82) is 0 Å². The molecule has 0 spiro atoms. The van der Waals surface area contributed by atoms with Gasteiger partial charge in [-0.25, -0.2) is 4.99 Å². The summed E-state index contributed by atoms with van der Waals surface area (Å²) >= 11 is 1.70. The third-order valence-corrected chi connectivity index (χ3v) is 5.57. The summed E-state index contributed by atoms with van der Waals surface area (Å²) in [6.45, 7) is 5.75. The molecule has 142 valence electrons. The lowest BCUT2D eigenvalue weighted by atomic mass is 10.1. The number of nitrogens with two attached hydrogens (primary N) is 1. The molecule has 2 heterocycles. The second-order valence-electron chi connectivity index (χ2n) is 6.87. The van der Waals surface area contributed by atoms with E-state index in [9.17, 15) is 4.79 Å². The highest BCUT2D eigenvalue weighted by atomic mass is 32.1. The fraction of sp³-hybridized carbons (Fsp3) is 0.364. The summed E-state index contributed by atoms with van der Waals surface area (Å²) in [4.78, 5) is 21.8. The highest BCUT2D eigenvalue weighted by molar-refractivity contribution is 7.13. The third kappa shape index (κ3) is 4.86. The lowest BCUT2D eigenvalue weighted by Crippen LogP contribution is -2.34. The molecule has 1 aliphatic rings. The molecule has 0 aliphatic carbocycles. The third-order valence-electron chi connectivity index (χ3n) is 4.50. The maximum absolute atomic E-state index is 13.0. The Hall–Kier alpha value is -2.40. The van der Waals surface area contributed by atoms with Crippen molar-refractivity contribution in [3.05, 3.63) is 57.3 Å². The molecule has 1 aromatic carbocycles. The first kappa shape index (κ1) is 19.4. The number of benzene rings is 1. The van der Waals surface area contributed by atoms with Crippen LogP contribution in [0, 0.1) is 0 Å². The van der Waals surface area contributed by atoms with Gasteiger partial charge in [0.15, 0.2) is 0 Å². The summed E-state index contributed by atoms with van der Waals surface area (Å²) in [5.74, 6) is 0.591. The summed E-state index contributed by atoms with van der Waals surface area (Å²) < 4.78 is 0. The minimum Gasteiger partial charge on any atom is -0.387 e. The maximum Gasteiger partial charge on any atom is 0.250 e. The van der Waals surface area contributed by atoms with Crippen LogP contribution in [0.4, 0.5) is 5.69 Å². The van der Waals surface area contributed by atoms with Gasteiger partial charge in [-0.2, -0.15) is 0 Å². The number of nitrogens with zero attached hydrogens (tertiary/aromatic N) is 2. The first-order valence-electron chi connectivity index (χ1n) is 9.60. The van der Waals surface area contributed by atoms with Gasteiger partial charge in [0.25, 0.3) is 0 Å². The number of rotatable bonds is 7. The molecule has 2 N–H and O–H groups in total. The van der Waals surface area contributed by atoms with Crippen molar-refractivity contribution in [2.24, 2.45) is 10.7 Å². The average Bonchev–Trinajstić information content (AvgIpc) is 2.94. The Morgan fingerprint density at radius 2 is 1.89 bits per heavy atom. The van der Waals surface area contributed by atoms with Gasteiger partial charge in [-0.3, -0.25) is 4.79 Å². The minimum absolute atomic E-state index is 0.0858. The van der Waals surface area contributed by atoms with Gasteiger partial charge in [0.05, 0.1) is 10.6 Å². The number of amidine groups is 1. The van der Waals surface area contributed by atoms with Gasteiger partial charge in [-0.15, -0.1) is 11.3 Å². The highest BCUT2D eigenvalue weighted by Crippen LogP contribution is 2.35. The van der Waals surface area contributed by atoms with Crippen LogP contribution >= 0.6 is 11.3 Å². The molecule has 0 atom stereocenters. The molecule has 0 unspecified atom stereocenters. The Morgan fingerprint density at radius 3 is 2.56 bits per heavy atom. The molecule has 0 bridgehead atoms. The first-order chi connectivity index (χ1) is 13.1. The molecule has 1 aliphatic heterocycles. The van der Waals surface area contributed by atoms with Gasteiger partial charge in [0.2, 0.25) is 5.91 Å². The van der Waals surface area contributed by atoms with Crippen LogP contribution in [0.25, 0.3) is 6.08 Å². The van der Waals surface area contributed by atoms with E-state index in [0.29, 0.717) is 12.3 Å². The zero-order chi connectivity index (χ0) is 19.2. The van der Waals surface area contributed by atoms with Gasteiger partial charge in [0.1, 0.15) is 5.84 Å². The van der Waals surface area contributed by atoms with Crippen molar-refractivity contribution in [2.75, 3.05) is 13.1 Å². The zero-order valence-corrected chi connectivity index (χ0v) is 16.9. The molecule has 3 rings (SSSR count). The Balaban J connectivity index is 1.88. The van der Waals surface area contributed by atoms with E-state index in [-0.39, 0.29) is 5.91 Å². The Morgan fingerprint density at radius 1 is 1.19 bits per heavy atom. The van der Waals surface area contributed by atoms with Crippen LogP contribution in [-0.2, 0) is 11.2 Å². The van der Waals surface area contributed by atoms with Gasteiger partial charge < -0.3 is 10.6 Å². The van der Waals surface area contributed by atoms with E-state index < -0.39 is 0 Å². The molecule has 1 aromatic heterocycles. The molecule has 2 aromatic rings. The van der Waals surface area contributed by atoms with Gasteiger partial charge in [-0.05, 0) is 30.5 Å². The molecule has 27 heavy (non-hydrogen) atoms. The van der Waals surface area contributed by atoms with Crippen LogP contribution in [0.1, 0.15) is 48.4 Å². The molecule has 4 nitrogen and oxygen atoms in total. The van der Waals surface area contributed by atoms with Crippen LogP contribution in [0.3, 0.4) is 0 Å². The van der Waals surface area contributed by atoms with Crippen LogP contribution in [0.2, 0.25) is 0 Å². The number of aliphatic imine (C=N–C) groups is 1. The number of carbonyl (C=O) groups excluding carboxylic acids is 1. The Labute approximate surface area is 165 Å². The smallest absolute Gasteiger partial charge is 0.250 e. The number of hydrogen-bond acceptors (Lipinski definition) is 4. The molecule has 0 saturated carbocycles. The van der Waals surface area contributed by atoms with Crippen molar-refractivity contribution < 1.29 is 4.79 Å². The lowest BCUT2D eigenvalue weighted by molar-refractivity contribution is -0.127. The molecule has 0 fully saturated rings. The largest absolute Gasteiger partial charge is 0.387 e. The standard InChI is InChI=1S/C22H27N3OS/c1-3-10-25(11-4-2)22(26)17-13-20-19(24-21(23)14-17)15-18(27-20)12-16-8-6-5-7-9-16/h5-9,13,15H,3-4,10-12,14H2,1-2H3,(H2,23,24). The molecule has 5 heteroatoms. The van der Waals surface area contributed by atoms with Gasteiger partial charge in [-0.1, -0.05) is 44.2 Å². The number of amides is 1. The summed E-state index contributed by atoms with van der Waals surface area (Å²) in [5.41, 5.74) is 9.02. The van der Waals surface area contributed by atoms with E-state index in [1.807, 2.05) is 17.0 Å². The van der Waals surface area contributed by atoms with Crippen molar-refractivity contribution in [3.8, 4) is 0 Å². The minimum atomic E-state index is 0.0858. The number of thiophene rings is 1. The summed E-state index contributed by atoms with van der Waals surface area (Å²) in [5, 5.41) is 0. The quantitative estimate of drug-likeness (QED) is 0.751. The number of carbonyl (C=O) groups is 1. The average molecular weight is 382 g/mol. The zero-order valence-electron chi connectivity index (χ0n) is 16.1. The molecule has 0 saturated heterocycles. The maximum atomic E-state index is 13.0. The van der Waals surface area contributed by atoms with Crippen molar-refractivity contribution >= 4 is 34.8 Å². The van der Waals surface area contributed by atoms with Gasteiger partial charge in [0, 0.05) is 36.4 Å². The van der Waals surface area contributed by atoms with Crippen LogP contribution in [0.15, 0.2) is 47.0 Å². The van der Waals surface area contributed by atoms with Gasteiger partial charge >= 0.3 is 0 Å². The lowest BCUT2D eigenvalue weighted by Gasteiger charge is -2.22. The second-order valence-corrected chi connectivity index (χ2v) is 8.03. The summed E-state index contributed by atoms with van der Waals surface area (Å²) in [7, 11) is 0. The topological polar surface area (TPSA) is 58.7 Å². The van der Waals surface area contributed by atoms with Crippen LogP contribution < -0.4 is 5.73 Å². The fourth-order valence-corrected chi connectivity index (χ4v) is 4.42. The fourth-order valence-electron chi connectivity index (χ4n) is 3.32. The van der Waals surface area contributed by atoms with Crippen molar-refractivity contribution in [2.45, 2.75) is 39.5 Å². The molecule has 0 radical (unpaired) electrons.